The van der Waals surface area contributed by atoms with Gasteiger partial charge in [0.2, 0.25) is 0 Å². The molecule has 0 unspecified atom stereocenters. The van der Waals surface area contributed by atoms with Crippen LogP contribution in [0.15, 0.2) is 18.2 Å². The zero-order chi connectivity index (χ0) is 12.3. The van der Waals surface area contributed by atoms with Crippen LogP contribution in [0.1, 0.15) is 31.2 Å². The molecular formula is C12H16BFO2S. The van der Waals surface area contributed by atoms with E-state index in [1.165, 1.54) is 31.7 Å². The summed E-state index contributed by atoms with van der Waals surface area (Å²) in [6.07, 6.45) is 5.05. The van der Waals surface area contributed by atoms with Crippen LogP contribution in [0.4, 0.5) is 4.39 Å². The second-order valence-corrected chi connectivity index (χ2v) is 5.73. The lowest BCUT2D eigenvalue weighted by atomic mass is 9.80. The summed E-state index contributed by atoms with van der Waals surface area (Å²) in [6.45, 7) is 0. The third kappa shape index (κ3) is 3.47. The minimum Gasteiger partial charge on any atom is -0.423 e. The number of halogens is 1. The van der Waals surface area contributed by atoms with E-state index in [0.29, 0.717) is 16.6 Å². The zero-order valence-corrected chi connectivity index (χ0v) is 10.4. The van der Waals surface area contributed by atoms with E-state index in [1.54, 1.807) is 23.9 Å². The molecule has 2 N–H and O–H groups in total. The van der Waals surface area contributed by atoms with Gasteiger partial charge in [-0.3, -0.25) is 0 Å². The van der Waals surface area contributed by atoms with Crippen molar-refractivity contribution in [1.82, 2.24) is 0 Å². The lowest BCUT2D eigenvalue weighted by Crippen LogP contribution is -2.30. The first kappa shape index (κ1) is 12.9. The predicted octanol–water partition coefficient (Wildman–Crippen LogP) is 1.68. The molecule has 1 saturated carbocycles. The number of rotatable bonds is 4. The van der Waals surface area contributed by atoms with Crippen molar-refractivity contribution >= 4 is 24.3 Å². The summed E-state index contributed by atoms with van der Waals surface area (Å²) in [5, 5.41) is 18.5. The zero-order valence-electron chi connectivity index (χ0n) is 9.60. The van der Waals surface area contributed by atoms with Gasteiger partial charge in [0.1, 0.15) is 5.82 Å². The Morgan fingerprint density at radius 2 is 2.00 bits per heavy atom. The molecule has 1 aromatic rings. The third-order valence-corrected chi connectivity index (χ3v) is 4.57. The summed E-state index contributed by atoms with van der Waals surface area (Å²) in [7, 11) is -1.60. The average Bonchev–Trinajstić information content (AvgIpc) is 2.80. The molecule has 0 saturated heterocycles. The summed E-state index contributed by atoms with van der Waals surface area (Å²) in [5.41, 5.74) is 0.850. The molecule has 92 valence electrons. The van der Waals surface area contributed by atoms with Crippen LogP contribution in [0, 0.1) is 5.82 Å². The molecule has 0 amide bonds. The summed E-state index contributed by atoms with van der Waals surface area (Å²) < 4.78 is 13.6. The molecule has 0 heterocycles. The average molecular weight is 254 g/mol. The van der Waals surface area contributed by atoms with E-state index in [0.717, 1.165) is 0 Å². The van der Waals surface area contributed by atoms with Gasteiger partial charge in [-0.1, -0.05) is 25.0 Å². The Hall–Kier alpha value is -0.515. The van der Waals surface area contributed by atoms with Crippen LogP contribution in [0.2, 0.25) is 0 Å². The minimum atomic E-state index is -1.60. The molecule has 1 fully saturated rings. The van der Waals surface area contributed by atoms with Crippen LogP contribution in [0.5, 0.6) is 0 Å². The molecule has 0 bridgehead atoms. The highest BCUT2D eigenvalue weighted by Gasteiger charge is 2.17. The van der Waals surface area contributed by atoms with Gasteiger partial charge in [0, 0.05) is 11.0 Å². The van der Waals surface area contributed by atoms with E-state index >= 15 is 0 Å². The summed E-state index contributed by atoms with van der Waals surface area (Å²) >= 11 is 1.80. The largest absolute Gasteiger partial charge is 0.488 e. The van der Waals surface area contributed by atoms with Gasteiger partial charge in [0.15, 0.2) is 0 Å². The van der Waals surface area contributed by atoms with E-state index in [2.05, 4.69) is 0 Å². The Bertz CT molecular complexity index is 381. The van der Waals surface area contributed by atoms with Crippen molar-refractivity contribution in [3.63, 3.8) is 0 Å². The summed E-state index contributed by atoms with van der Waals surface area (Å²) in [4.78, 5) is 0. The Morgan fingerprint density at radius 1 is 1.29 bits per heavy atom. The van der Waals surface area contributed by atoms with Crippen molar-refractivity contribution in [3.8, 4) is 0 Å². The molecule has 2 nitrogen and oxygen atoms in total. The second-order valence-electron chi connectivity index (χ2n) is 4.44. The van der Waals surface area contributed by atoms with Crippen molar-refractivity contribution in [2.75, 3.05) is 0 Å². The number of thioether (sulfide) groups is 1. The standard InChI is InChI=1S/C12H16BFO2S/c14-12-7-10(13(15)16)6-5-9(12)8-17-11-3-1-2-4-11/h5-7,11,15-16H,1-4,8H2. The molecule has 2 rings (SSSR count). The van der Waals surface area contributed by atoms with Crippen molar-refractivity contribution in [1.29, 1.82) is 0 Å². The van der Waals surface area contributed by atoms with Crippen molar-refractivity contribution in [2.45, 2.75) is 36.7 Å². The molecular weight excluding hydrogens is 238 g/mol. The van der Waals surface area contributed by atoms with Crippen LogP contribution < -0.4 is 5.46 Å². The number of benzene rings is 1. The van der Waals surface area contributed by atoms with Gasteiger partial charge in [-0.15, -0.1) is 0 Å². The minimum absolute atomic E-state index is 0.206. The van der Waals surface area contributed by atoms with Gasteiger partial charge >= 0.3 is 7.12 Å². The number of hydrogen-bond donors (Lipinski definition) is 2. The van der Waals surface area contributed by atoms with Gasteiger partial charge in [0.05, 0.1) is 0 Å². The first-order valence-electron chi connectivity index (χ1n) is 5.93. The molecule has 17 heavy (non-hydrogen) atoms. The van der Waals surface area contributed by atoms with E-state index < -0.39 is 7.12 Å². The monoisotopic (exact) mass is 254 g/mol. The molecule has 5 heteroatoms. The van der Waals surface area contributed by atoms with Crippen LogP contribution >= 0.6 is 11.8 Å². The molecule has 1 aliphatic rings. The van der Waals surface area contributed by atoms with Gasteiger partial charge in [0.25, 0.3) is 0 Å². The maximum absolute atomic E-state index is 13.6. The van der Waals surface area contributed by atoms with E-state index in [1.807, 2.05) is 0 Å². The fourth-order valence-corrected chi connectivity index (χ4v) is 3.42. The lowest BCUT2D eigenvalue weighted by molar-refractivity contribution is 0.425. The van der Waals surface area contributed by atoms with Crippen LogP contribution in [0.3, 0.4) is 0 Å². The molecule has 0 spiro atoms. The van der Waals surface area contributed by atoms with Crippen molar-refractivity contribution < 1.29 is 14.4 Å². The highest BCUT2D eigenvalue weighted by Crippen LogP contribution is 2.31. The maximum Gasteiger partial charge on any atom is 0.488 e. The molecule has 1 aliphatic carbocycles. The Kier molecular flexibility index (Phi) is 4.48. The van der Waals surface area contributed by atoms with Crippen molar-refractivity contribution in [2.24, 2.45) is 0 Å². The SMILES string of the molecule is OB(O)c1ccc(CSC2CCCC2)c(F)c1. The van der Waals surface area contributed by atoms with Gasteiger partial charge in [-0.05, 0) is 29.9 Å². The van der Waals surface area contributed by atoms with Gasteiger partial charge in [-0.2, -0.15) is 11.8 Å². The van der Waals surface area contributed by atoms with E-state index in [4.69, 9.17) is 10.0 Å². The number of hydrogen-bond acceptors (Lipinski definition) is 3. The topological polar surface area (TPSA) is 40.5 Å². The Labute approximate surface area is 105 Å². The van der Waals surface area contributed by atoms with E-state index in [9.17, 15) is 4.39 Å². The highest BCUT2D eigenvalue weighted by molar-refractivity contribution is 7.99. The molecule has 0 aromatic heterocycles. The van der Waals surface area contributed by atoms with E-state index in [-0.39, 0.29) is 11.3 Å². The summed E-state index contributed by atoms with van der Waals surface area (Å²) in [5.74, 6) is 0.319. The highest BCUT2D eigenvalue weighted by atomic mass is 32.2. The fourth-order valence-electron chi connectivity index (χ4n) is 2.10. The fraction of sp³-hybridized carbons (Fsp3) is 0.500. The lowest BCUT2D eigenvalue weighted by Gasteiger charge is -2.10. The first-order chi connectivity index (χ1) is 8.16. The van der Waals surface area contributed by atoms with Crippen LogP contribution in [-0.4, -0.2) is 22.4 Å². The first-order valence-corrected chi connectivity index (χ1v) is 6.98. The van der Waals surface area contributed by atoms with Crippen molar-refractivity contribution in [3.05, 3.63) is 29.6 Å². The molecule has 0 radical (unpaired) electrons. The molecule has 1 aromatic carbocycles. The maximum atomic E-state index is 13.6. The molecule has 0 atom stereocenters. The molecule has 0 aliphatic heterocycles. The summed E-state index contributed by atoms with van der Waals surface area (Å²) in [6, 6.07) is 4.42. The third-order valence-electron chi connectivity index (χ3n) is 3.15. The normalized spacial score (nSPS) is 16.4. The van der Waals surface area contributed by atoms with Gasteiger partial charge < -0.3 is 10.0 Å². The van der Waals surface area contributed by atoms with Gasteiger partial charge in [-0.25, -0.2) is 4.39 Å². The predicted molar refractivity (Wildman–Crippen MR) is 69.8 cm³/mol. The second kappa shape index (κ2) is 5.89. The van der Waals surface area contributed by atoms with Crippen LogP contribution in [-0.2, 0) is 5.75 Å². The Balaban J connectivity index is 1.96. The smallest absolute Gasteiger partial charge is 0.423 e. The Morgan fingerprint density at radius 3 is 2.59 bits per heavy atom. The van der Waals surface area contributed by atoms with Crippen LogP contribution in [0.25, 0.3) is 0 Å². The quantitative estimate of drug-likeness (QED) is 0.803.